The van der Waals surface area contributed by atoms with Crippen LogP contribution in [0.15, 0.2) is 42.5 Å². The predicted molar refractivity (Wildman–Crippen MR) is 140 cm³/mol. The molecule has 0 aliphatic heterocycles. The zero-order chi connectivity index (χ0) is 23.8. The summed E-state index contributed by atoms with van der Waals surface area (Å²) in [5.74, 6) is 1.43. The van der Waals surface area contributed by atoms with Gasteiger partial charge in [-0.3, -0.25) is 0 Å². The number of nitrogens with zero attached hydrogens (tertiary/aromatic N) is 3. The van der Waals surface area contributed by atoms with Gasteiger partial charge in [-0.15, -0.1) is 0 Å². The molecular weight excluding hydrogens is 420 g/mol. The van der Waals surface area contributed by atoms with Gasteiger partial charge >= 0.3 is 0 Å². The zero-order valence-electron chi connectivity index (χ0n) is 21.1. The molecule has 2 atom stereocenters. The van der Waals surface area contributed by atoms with E-state index < -0.39 is 0 Å². The number of anilines is 2. The highest BCUT2D eigenvalue weighted by Crippen LogP contribution is 2.45. The molecule has 1 heterocycles. The van der Waals surface area contributed by atoms with E-state index in [4.69, 9.17) is 14.7 Å². The van der Waals surface area contributed by atoms with Crippen molar-refractivity contribution >= 4 is 11.5 Å². The van der Waals surface area contributed by atoms with E-state index in [0.29, 0.717) is 12.5 Å². The molecule has 5 nitrogen and oxygen atoms in total. The first-order valence-electron chi connectivity index (χ1n) is 12.6. The van der Waals surface area contributed by atoms with Crippen molar-refractivity contribution in [3.8, 4) is 11.3 Å². The molecular formula is C29H36N4O. The molecule has 178 valence electrons. The van der Waals surface area contributed by atoms with Crippen LogP contribution in [0.2, 0.25) is 0 Å². The number of rotatable bonds is 8. The Hall–Kier alpha value is -2.92. The normalized spacial score (nSPS) is 19.2. The molecule has 2 aliphatic rings. The Balaban J connectivity index is 1.56. The molecule has 2 aromatic carbocycles. The topological polar surface area (TPSA) is 50.3 Å². The minimum atomic E-state index is 0.0969. The van der Waals surface area contributed by atoms with Crippen molar-refractivity contribution in [3.63, 3.8) is 0 Å². The first kappa shape index (κ1) is 22.9. The van der Waals surface area contributed by atoms with Crippen LogP contribution in [-0.4, -0.2) is 36.8 Å². The molecule has 1 aromatic heterocycles. The fourth-order valence-corrected chi connectivity index (χ4v) is 5.13. The van der Waals surface area contributed by atoms with Gasteiger partial charge in [0.1, 0.15) is 5.82 Å². The highest BCUT2D eigenvalue weighted by atomic mass is 16.5. The van der Waals surface area contributed by atoms with Gasteiger partial charge < -0.3 is 15.0 Å². The minimum absolute atomic E-state index is 0.0969. The quantitative estimate of drug-likeness (QED) is 0.446. The summed E-state index contributed by atoms with van der Waals surface area (Å²) >= 11 is 0. The van der Waals surface area contributed by atoms with E-state index in [1.807, 2.05) is 0 Å². The van der Waals surface area contributed by atoms with Crippen molar-refractivity contribution in [2.75, 3.05) is 30.9 Å². The van der Waals surface area contributed by atoms with Gasteiger partial charge in [-0.1, -0.05) is 37.3 Å². The Morgan fingerprint density at radius 2 is 1.85 bits per heavy atom. The number of nitrogens with one attached hydrogen (secondary N) is 1. The maximum absolute atomic E-state index is 6.17. The smallest absolute Gasteiger partial charge is 0.148 e. The molecule has 3 aromatic rings. The first-order valence-corrected chi connectivity index (χ1v) is 12.6. The molecule has 1 fully saturated rings. The van der Waals surface area contributed by atoms with Crippen molar-refractivity contribution in [2.24, 2.45) is 0 Å². The Labute approximate surface area is 203 Å². The van der Waals surface area contributed by atoms with Gasteiger partial charge in [0.15, 0.2) is 0 Å². The van der Waals surface area contributed by atoms with E-state index in [1.54, 1.807) is 0 Å². The number of aromatic nitrogens is 2. The third-order valence-corrected chi connectivity index (χ3v) is 7.13. The lowest BCUT2D eigenvalue weighted by molar-refractivity contribution is 0.0573. The molecule has 1 N–H and O–H groups in total. The highest BCUT2D eigenvalue weighted by molar-refractivity contribution is 5.70. The molecule has 5 rings (SSSR count). The second-order valence-corrected chi connectivity index (χ2v) is 9.79. The van der Waals surface area contributed by atoms with E-state index in [9.17, 15) is 0 Å². The van der Waals surface area contributed by atoms with Gasteiger partial charge in [0.25, 0.3) is 0 Å². The lowest BCUT2D eigenvalue weighted by Gasteiger charge is -2.25. The predicted octanol–water partition coefficient (Wildman–Crippen LogP) is 6.07. The lowest BCUT2D eigenvalue weighted by atomic mass is 10.0. The van der Waals surface area contributed by atoms with E-state index in [-0.39, 0.29) is 12.1 Å². The maximum Gasteiger partial charge on any atom is 0.148 e. The number of ether oxygens (including phenoxy) is 1. The van der Waals surface area contributed by atoms with Crippen LogP contribution in [0, 0.1) is 6.92 Å². The van der Waals surface area contributed by atoms with E-state index >= 15 is 0 Å². The molecule has 0 radical (unpaired) electrons. The number of hydrogen-bond donors (Lipinski definition) is 1. The van der Waals surface area contributed by atoms with Crippen LogP contribution in [0.5, 0.6) is 0 Å². The first-order chi connectivity index (χ1) is 16.5. The van der Waals surface area contributed by atoms with Crippen LogP contribution in [0.4, 0.5) is 11.5 Å². The molecule has 2 aliphatic carbocycles. The third kappa shape index (κ3) is 4.29. The van der Waals surface area contributed by atoms with Gasteiger partial charge in [0.2, 0.25) is 0 Å². The standard InChI is InChI=1S/C29H36N4O/c1-6-24-27(22-15-14-21(33(4)5)16-18(22)3)31-26(19-12-13-19)29(30-24)32-28-23-11-9-8-10-20(23)17-25(28)34-7-2/h8-11,14-16,19,25,28H,6-7,12-13,17H2,1-5H3,(H,30,32)/t25-,28+/m0/s1. The fourth-order valence-electron chi connectivity index (χ4n) is 5.13. The van der Waals surface area contributed by atoms with Gasteiger partial charge in [-0.05, 0) is 61.9 Å². The summed E-state index contributed by atoms with van der Waals surface area (Å²) < 4.78 is 6.17. The lowest BCUT2D eigenvalue weighted by Crippen LogP contribution is -2.26. The van der Waals surface area contributed by atoms with Crippen molar-refractivity contribution in [1.29, 1.82) is 0 Å². The van der Waals surface area contributed by atoms with E-state index in [0.717, 1.165) is 35.7 Å². The molecule has 0 saturated heterocycles. The Morgan fingerprint density at radius 3 is 2.53 bits per heavy atom. The summed E-state index contributed by atoms with van der Waals surface area (Å²) in [4.78, 5) is 12.7. The van der Waals surface area contributed by atoms with Gasteiger partial charge in [0.05, 0.1) is 29.2 Å². The Bertz CT molecular complexity index is 1180. The van der Waals surface area contributed by atoms with Crippen molar-refractivity contribution in [2.45, 2.75) is 64.5 Å². The summed E-state index contributed by atoms with van der Waals surface area (Å²) in [6.07, 6.45) is 4.25. The third-order valence-electron chi connectivity index (χ3n) is 7.13. The number of aryl methyl sites for hydroxylation is 2. The van der Waals surface area contributed by atoms with Crippen LogP contribution >= 0.6 is 0 Å². The Morgan fingerprint density at radius 1 is 1.06 bits per heavy atom. The summed E-state index contributed by atoms with van der Waals surface area (Å²) in [5, 5.41) is 3.81. The molecule has 0 unspecified atom stereocenters. The second-order valence-electron chi connectivity index (χ2n) is 9.79. The average Bonchev–Trinajstić information content (AvgIpc) is 3.62. The van der Waals surface area contributed by atoms with Crippen LogP contribution in [0.3, 0.4) is 0 Å². The van der Waals surface area contributed by atoms with Crippen molar-refractivity contribution in [3.05, 3.63) is 70.5 Å². The molecule has 0 bridgehead atoms. The van der Waals surface area contributed by atoms with E-state index in [2.05, 4.69) is 87.5 Å². The fraction of sp³-hybridized carbons (Fsp3) is 0.448. The molecule has 5 heteroatoms. The molecule has 0 amide bonds. The maximum atomic E-state index is 6.17. The van der Waals surface area contributed by atoms with Gasteiger partial charge in [-0.2, -0.15) is 0 Å². The minimum Gasteiger partial charge on any atom is -0.378 e. The van der Waals surface area contributed by atoms with E-state index in [1.165, 1.54) is 40.8 Å². The average molecular weight is 457 g/mol. The van der Waals surface area contributed by atoms with Crippen LogP contribution in [-0.2, 0) is 17.6 Å². The molecule has 34 heavy (non-hydrogen) atoms. The van der Waals surface area contributed by atoms with Gasteiger partial charge in [0, 0.05) is 44.3 Å². The van der Waals surface area contributed by atoms with Gasteiger partial charge in [-0.25, -0.2) is 9.97 Å². The molecule has 1 saturated carbocycles. The summed E-state index contributed by atoms with van der Waals surface area (Å²) in [6.45, 7) is 7.13. The summed E-state index contributed by atoms with van der Waals surface area (Å²) in [7, 11) is 4.15. The Kier molecular flexibility index (Phi) is 6.30. The number of benzene rings is 2. The summed E-state index contributed by atoms with van der Waals surface area (Å²) in [5.41, 5.74) is 9.50. The monoisotopic (exact) mass is 456 g/mol. The summed E-state index contributed by atoms with van der Waals surface area (Å²) in [6, 6.07) is 15.4. The zero-order valence-corrected chi connectivity index (χ0v) is 21.1. The second kappa shape index (κ2) is 9.38. The van der Waals surface area contributed by atoms with Crippen LogP contribution in [0.1, 0.15) is 66.7 Å². The number of fused-ring (bicyclic) bond motifs is 1. The highest BCUT2D eigenvalue weighted by Gasteiger charge is 2.36. The van der Waals surface area contributed by atoms with Crippen molar-refractivity contribution < 1.29 is 4.74 Å². The molecule has 0 spiro atoms. The largest absolute Gasteiger partial charge is 0.378 e. The number of hydrogen-bond acceptors (Lipinski definition) is 5. The van der Waals surface area contributed by atoms with Crippen LogP contribution in [0.25, 0.3) is 11.3 Å². The van der Waals surface area contributed by atoms with Crippen LogP contribution < -0.4 is 10.2 Å². The SMILES string of the molecule is CCO[C@H]1Cc2ccccc2[C@H]1Nc1nc(CC)c(-c2ccc(N(C)C)cc2C)nc1C1CC1. The van der Waals surface area contributed by atoms with Crippen molar-refractivity contribution in [1.82, 2.24) is 9.97 Å².